The molecule has 3 heterocycles. The number of anilines is 2. The number of nitrogens with zero attached hydrogens (tertiary/aromatic N) is 4. The van der Waals surface area contributed by atoms with Crippen LogP contribution < -0.4 is 16.0 Å². The normalized spacial score (nSPS) is 16.6. The number of fused-ring (bicyclic) bond motifs is 1. The van der Waals surface area contributed by atoms with Gasteiger partial charge in [0.05, 0.1) is 12.6 Å². The molecule has 6 rings (SSSR count). The first-order valence-corrected chi connectivity index (χ1v) is 11.6. The molecule has 0 radical (unpaired) electrons. The SMILES string of the molecule is O=C1C/C(=C\c2cnn3c(NC4CC4)nc(NCc4ccccc4-c4ccccc4)nc23)C(=O)N1. The molecule has 2 amide bonds. The third-order valence-corrected chi connectivity index (χ3v) is 6.07. The molecule has 35 heavy (non-hydrogen) atoms. The molecule has 0 spiro atoms. The fraction of sp³-hybridized carbons (Fsp3) is 0.192. The van der Waals surface area contributed by atoms with Crippen LogP contribution in [-0.2, 0) is 16.1 Å². The van der Waals surface area contributed by atoms with Crippen LogP contribution in [0, 0.1) is 0 Å². The molecule has 1 aliphatic carbocycles. The average molecular weight is 466 g/mol. The van der Waals surface area contributed by atoms with E-state index in [0.29, 0.717) is 41.3 Å². The average Bonchev–Trinajstić information content (AvgIpc) is 3.51. The Morgan fingerprint density at radius 3 is 2.60 bits per heavy atom. The van der Waals surface area contributed by atoms with Crippen LogP contribution in [-0.4, -0.2) is 37.4 Å². The first kappa shape index (κ1) is 21.0. The maximum absolute atomic E-state index is 12.1. The van der Waals surface area contributed by atoms with Crippen LogP contribution in [0.3, 0.4) is 0 Å². The molecular formula is C26H23N7O2. The second kappa shape index (κ2) is 8.68. The smallest absolute Gasteiger partial charge is 0.254 e. The van der Waals surface area contributed by atoms with E-state index in [1.807, 2.05) is 30.3 Å². The summed E-state index contributed by atoms with van der Waals surface area (Å²) in [7, 11) is 0. The number of benzene rings is 2. The standard InChI is InChI=1S/C26H23N7O2/c34-22-13-18(24(35)30-22)12-19-15-28-33-23(19)31-25(32-26(33)29-20-10-11-20)27-14-17-8-4-5-9-21(17)16-6-2-1-3-7-16/h1-9,12,15,20H,10-11,13-14H2,(H,30,34,35)(H2,27,29,31,32)/b18-12+. The Balaban J connectivity index is 1.34. The summed E-state index contributed by atoms with van der Waals surface area (Å²) < 4.78 is 1.64. The Kier molecular flexibility index (Phi) is 5.21. The molecule has 2 aliphatic rings. The van der Waals surface area contributed by atoms with Gasteiger partial charge in [-0.15, -0.1) is 0 Å². The minimum absolute atomic E-state index is 0.0514. The maximum atomic E-state index is 12.1. The molecule has 1 aliphatic heterocycles. The third kappa shape index (κ3) is 4.35. The Labute approximate surface area is 201 Å². The molecule has 0 atom stereocenters. The molecular weight excluding hydrogens is 442 g/mol. The molecule has 9 nitrogen and oxygen atoms in total. The number of rotatable bonds is 7. The summed E-state index contributed by atoms with van der Waals surface area (Å²) in [6.45, 7) is 0.533. The highest BCUT2D eigenvalue weighted by molar-refractivity contribution is 6.15. The zero-order valence-corrected chi connectivity index (χ0v) is 18.9. The lowest BCUT2D eigenvalue weighted by Gasteiger charge is -2.13. The molecule has 0 bridgehead atoms. The monoisotopic (exact) mass is 465 g/mol. The van der Waals surface area contributed by atoms with Gasteiger partial charge in [-0.2, -0.15) is 19.6 Å². The number of aromatic nitrogens is 4. The van der Waals surface area contributed by atoms with Crippen molar-refractivity contribution < 1.29 is 9.59 Å². The summed E-state index contributed by atoms with van der Waals surface area (Å²) in [5, 5.41) is 13.5. The minimum atomic E-state index is -0.379. The number of hydrogen-bond donors (Lipinski definition) is 3. The summed E-state index contributed by atoms with van der Waals surface area (Å²) in [6.07, 6.45) is 5.53. The van der Waals surface area contributed by atoms with E-state index in [9.17, 15) is 9.59 Å². The summed E-state index contributed by atoms with van der Waals surface area (Å²) in [6, 6.07) is 18.8. The van der Waals surface area contributed by atoms with Gasteiger partial charge >= 0.3 is 0 Å². The Morgan fingerprint density at radius 2 is 1.83 bits per heavy atom. The third-order valence-electron chi connectivity index (χ3n) is 6.07. The van der Waals surface area contributed by atoms with Crippen molar-refractivity contribution in [2.75, 3.05) is 10.6 Å². The highest BCUT2D eigenvalue weighted by atomic mass is 16.2. The summed E-state index contributed by atoms with van der Waals surface area (Å²) >= 11 is 0. The number of amides is 2. The first-order valence-electron chi connectivity index (χ1n) is 11.6. The molecule has 3 N–H and O–H groups in total. The number of imide groups is 1. The van der Waals surface area contributed by atoms with Gasteiger partial charge in [-0.05, 0) is 35.6 Å². The van der Waals surface area contributed by atoms with E-state index in [0.717, 1.165) is 29.5 Å². The van der Waals surface area contributed by atoms with Crippen LogP contribution in [0.2, 0.25) is 0 Å². The Hall–Kier alpha value is -4.53. The van der Waals surface area contributed by atoms with Crippen LogP contribution >= 0.6 is 0 Å². The van der Waals surface area contributed by atoms with E-state index < -0.39 is 0 Å². The molecule has 0 unspecified atom stereocenters. The van der Waals surface area contributed by atoms with Crippen molar-refractivity contribution in [3.63, 3.8) is 0 Å². The molecule has 9 heteroatoms. The van der Waals surface area contributed by atoms with Crippen LogP contribution in [0.5, 0.6) is 0 Å². The fourth-order valence-corrected chi connectivity index (χ4v) is 4.14. The lowest BCUT2D eigenvalue weighted by molar-refractivity contribution is -0.124. The lowest BCUT2D eigenvalue weighted by atomic mass is 10.00. The predicted molar refractivity (Wildman–Crippen MR) is 132 cm³/mol. The zero-order chi connectivity index (χ0) is 23.8. The van der Waals surface area contributed by atoms with E-state index in [2.05, 4.69) is 50.3 Å². The highest BCUT2D eigenvalue weighted by Crippen LogP contribution is 2.27. The molecule has 1 saturated heterocycles. The van der Waals surface area contributed by atoms with Crippen molar-refractivity contribution in [1.29, 1.82) is 0 Å². The van der Waals surface area contributed by atoms with Gasteiger partial charge in [0.25, 0.3) is 5.91 Å². The molecule has 2 aromatic heterocycles. The summed E-state index contributed by atoms with van der Waals surface area (Å²) in [5.74, 6) is 0.363. The number of hydrogen-bond acceptors (Lipinski definition) is 7. The van der Waals surface area contributed by atoms with Gasteiger partial charge in [0.1, 0.15) is 0 Å². The van der Waals surface area contributed by atoms with Crippen molar-refractivity contribution in [3.05, 3.63) is 77.5 Å². The number of carbonyl (C=O) groups is 2. The number of nitrogens with one attached hydrogen (secondary N) is 3. The molecule has 2 aromatic carbocycles. The lowest BCUT2D eigenvalue weighted by Crippen LogP contribution is -2.19. The summed E-state index contributed by atoms with van der Waals surface area (Å²) in [5.41, 5.74) is 5.01. The second-order valence-corrected chi connectivity index (χ2v) is 8.73. The van der Waals surface area contributed by atoms with Crippen molar-refractivity contribution in [2.24, 2.45) is 0 Å². The topological polar surface area (TPSA) is 113 Å². The van der Waals surface area contributed by atoms with Crippen LogP contribution in [0.25, 0.3) is 22.9 Å². The van der Waals surface area contributed by atoms with Gasteiger partial charge in [0.2, 0.25) is 17.8 Å². The first-order chi connectivity index (χ1) is 17.1. The highest BCUT2D eigenvalue weighted by Gasteiger charge is 2.26. The van der Waals surface area contributed by atoms with Crippen LogP contribution in [0.15, 0.2) is 66.4 Å². The predicted octanol–water partition coefficient (Wildman–Crippen LogP) is 3.41. The van der Waals surface area contributed by atoms with Gasteiger partial charge in [-0.25, -0.2) is 0 Å². The van der Waals surface area contributed by atoms with Gasteiger partial charge in [-0.1, -0.05) is 54.6 Å². The van der Waals surface area contributed by atoms with Gasteiger partial charge in [0.15, 0.2) is 5.65 Å². The van der Waals surface area contributed by atoms with Crippen molar-refractivity contribution in [2.45, 2.75) is 31.8 Å². The van der Waals surface area contributed by atoms with E-state index in [1.165, 1.54) is 0 Å². The Morgan fingerprint density at radius 1 is 1.03 bits per heavy atom. The maximum Gasteiger partial charge on any atom is 0.254 e. The van der Waals surface area contributed by atoms with Crippen molar-refractivity contribution in [3.8, 4) is 11.1 Å². The molecule has 1 saturated carbocycles. The van der Waals surface area contributed by atoms with E-state index >= 15 is 0 Å². The largest absolute Gasteiger partial charge is 0.351 e. The number of carbonyl (C=O) groups excluding carboxylic acids is 2. The van der Waals surface area contributed by atoms with Gasteiger partial charge in [-0.3, -0.25) is 14.9 Å². The molecule has 174 valence electrons. The van der Waals surface area contributed by atoms with Crippen molar-refractivity contribution >= 4 is 35.4 Å². The molecule has 2 fully saturated rings. The van der Waals surface area contributed by atoms with E-state index in [-0.39, 0.29) is 18.2 Å². The van der Waals surface area contributed by atoms with E-state index in [1.54, 1.807) is 16.8 Å². The van der Waals surface area contributed by atoms with E-state index in [4.69, 9.17) is 4.98 Å². The quantitative estimate of drug-likeness (QED) is 0.283. The second-order valence-electron chi connectivity index (χ2n) is 8.73. The van der Waals surface area contributed by atoms with Crippen LogP contribution in [0.1, 0.15) is 30.4 Å². The van der Waals surface area contributed by atoms with Crippen molar-refractivity contribution in [1.82, 2.24) is 24.9 Å². The Bertz CT molecular complexity index is 1470. The van der Waals surface area contributed by atoms with Crippen LogP contribution in [0.4, 0.5) is 11.9 Å². The fourth-order valence-electron chi connectivity index (χ4n) is 4.14. The minimum Gasteiger partial charge on any atom is -0.351 e. The van der Waals surface area contributed by atoms with Gasteiger partial charge in [0, 0.05) is 23.7 Å². The van der Waals surface area contributed by atoms with Gasteiger partial charge < -0.3 is 10.6 Å². The summed E-state index contributed by atoms with van der Waals surface area (Å²) in [4.78, 5) is 33.0. The molecule has 4 aromatic rings. The zero-order valence-electron chi connectivity index (χ0n) is 18.9.